The van der Waals surface area contributed by atoms with E-state index in [1.54, 1.807) is 0 Å². The molecule has 0 aliphatic heterocycles. The summed E-state index contributed by atoms with van der Waals surface area (Å²) in [6, 6.07) is 7.40. The van der Waals surface area contributed by atoms with Gasteiger partial charge in [-0.1, -0.05) is 34.5 Å². The Bertz CT molecular complexity index is 248. The highest BCUT2D eigenvalue weighted by Gasteiger charge is 2.01. The molecule has 0 fully saturated rings. The number of halogens is 2. The molecule has 0 aliphatic rings. The number of benzene rings is 1. The van der Waals surface area contributed by atoms with Gasteiger partial charge in [-0.2, -0.15) is 0 Å². The van der Waals surface area contributed by atoms with Crippen LogP contribution in [-0.4, -0.2) is 11.4 Å². The van der Waals surface area contributed by atoms with Crippen LogP contribution in [0.5, 0.6) is 5.75 Å². The Kier molecular flexibility index (Phi) is 4.60. The standard InChI is InChI=1S/C10H12BrClO/c1-2-8(11)7-13-10-5-3-9(12)4-6-10/h3-6,8H,2,7H2,1H3. The predicted molar refractivity (Wildman–Crippen MR) is 60.0 cm³/mol. The summed E-state index contributed by atoms with van der Waals surface area (Å²) in [5.74, 6) is 0.863. The molecule has 0 saturated carbocycles. The molecular weight excluding hydrogens is 251 g/mol. The van der Waals surface area contributed by atoms with E-state index in [0.717, 1.165) is 17.2 Å². The molecule has 3 heteroatoms. The van der Waals surface area contributed by atoms with E-state index >= 15 is 0 Å². The molecule has 0 spiro atoms. The van der Waals surface area contributed by atoms with E-state index in [1.165, 1.54) is 0 Å². The highest BCUT2D eigenvalue weighted by atomic mass is 79.9. The van der Waals surface area contributed by atoms with Crippen LogP contribution < -0.4 is 4.74 Å². The maximum atomic E-state index is 5.74. The first kappa shape index (κ1) is 10.9. The van der Waals surface area contributed by atoms with Gasteiger partial charge >= 0.3 is 0 Å². The van der Waals surface area contributed by atoms with E-state index in [1.807, 2.05) is 24.3 Å². The van der Waals surface area contributed by atoms with Gasteiger partial charge in [-0.25, -0.2) is 0 Å². The zero-order chi connectivity index (χ0) is 9.68. The molecule has 0 heterocycles. The summed E-state index contributed by atoms with van der Waals surface area (Å²) < 4.78 is 5.51. The molecular formula is C10H12BrClO. The number of hydrogen-bond acceptors (Lipinski definition) is 1. The lowest BCUT2D eigenvalue weighted by atomic mass is 10.3. The molecule has 1 unspecified atom stereocenters. The SMILES string of the molecule is CCC(Br)COc1ccc(Cl)cc1. The minimum Gasteiger partial charge on any atom is -0.492 e. The van der Waals surface area contributed by atoms with Gasteiger partial charge in [-0.05, 0) is 30.7 Å². The fourth-order valence-electron chi connectivity index (χ4n) is 0.835. The number of ether oxygens (including phenoxy) is 1. The van der Waals surface area contributed by atoms with Crippen molar-refractivity contribution in [2.75, 3.05) is 6.61 Å². The molecule has 0 aromatic heterocycles. The zero-order valence-electron chi connectivity index (χ0n) is 7.47. The first-order valence-corrected chi connectivity index (χ1v) is 5.54. The van der Waals surface area contributed by atoms with E-state index in [0.29, 0.717) is 11.4 Å². The number of alkyl halides is 1. The van der Waals surface area contributed by atoms with Crippen molar-refractivity contribution in [3.63, 3.8) is 0 Å². The van der Waals surface area contributed by atoms with Gasteiger partial charge in [0.1, 0.15) is 12.4 Å². The molecule has 0 saturated heterocycles. The number of hydrogen-bond donors (Lipinski definition) is 0. The van der Waals surface area contributed by atoms with Crippen molar-refractivity contribution in [3.05, 3.63) is 29.3 Å². The summed E-state index contributed by atoms with van der Waals surface area (Å²) in [6.07, 6.45) is 1.06. The second-order valence-corrected chi connectivity index (χ2v) is 4.50. The molecule has 0 bridgehead atoms. The molecule has 0 aliphatic carbocycles. The second-order valence-electron chi connectivity index (χ2n) is 2.77. The van der Waals surface area contributed by atoms with Crippen molar-refractivity contribution in [3.8, 4) is 5.75 Å². The van der Waals surface area contributed by atoms with Crippen molar-refractivity contribution in [2.24, 2.45) is 0 Å². The lowest BCUT2D eigenvalue weighted by Gasteiger charge is -2.09. The maximum absolute atomic E-state index is 5.74. The smallest absolute Gasteiger partial charge is 0.119 e. The Labute approximate surface area is 92.2 Å². The van der Waals surface area contributed by atoms with Gasteiger partial charge in [-0.3, -0.25) is 0 Å². The Balaban J connectivity index is 2.41. The largest absolute Gasteiger partial charge is 0.492 e. The lowest BCUT2D eigenvalue weighted by molar-refractivity contribution is 0.317. The predicted octanol–water partition coefficient (Wildman–Crippen LogP) is 3.89. The van der Waals surface area contributed by atoms with Crippen LogP contribution >= 0.6 is 27.5 Å². The van der Waals surface area contributed by atoms with Crippen LogP contribution in [0.3, 0.4) is 0 Å². The molecule has 1 aromatic carbocycles. The molecule has 72 valence electrons. The van der Waals surface area contributed by atoms with Crippen LogP contribution in [0.25, 0.3) is 0 Å². The monoisotopic (exact) mass is 262 g/mol. The average Bonchev–Trinajstić information content (AvgIpc) is 2.16. The first-order valence-electron chi connectivity index (χ1n) is 4.24. The van der Waals surface area contributed by atoms with E-state index < -0.39 is 0 Å². The first-order chi connectivity index (χ1) is 6.22. The van der Waals surface area contributed by atoms with E-state index in [9.17, 15) is 0 Å². The molecule has 1 atom stereocenters. The van der Waals surface area contributed by atoms with E-state index in [-0.39, 0.29) is 0 Å². The summed E-state index contributed by atoms with van der Waals surface area (Å²) in [7, 11) is 0. The van der Waals surface area contributed by atoms with Gasteiger partial charge < -0.3 is 4.74 Å². The molecule has 0 N–H and O–H groups in total. The summed E-state index contributed by atoms with van der Waals surface area (Å²) in [5.41, 5.74) is 0. The fourth-order valence-corrected chi connectivity index (χ4v) is 1.09. The van der Waals surface area contributed by atoms with Crippen molar-refractivity contribution in [1.82, 2.24) is 0 Å². The van der Waals surface area contributed by atoms with Gasteiger partial charge in [0.25, 0.3) is 0 Å². The van der Waals surface area contributed by atoms with Gasteiger partial charge in [-0.15, -0.1) is 0 Å². The van der Waals surface area contributed by atoms with E-state index in [2.05, 4.69) is 22.9 Å². The van der Waals surface area contributed by atoms with Crippen LogP contribution in [0.15, 0.2) is 24.3 Å². The molecule has 0 radical (unpaired) electrons. The third-order valence-corrected chi connectivity index (χ3v) is 2.85. The molecule has 1 rings (SSSR count). The highest BCUT2D eigenvalue weighted by molar-refractivity contribution is 9.09. The minimum absolute atomic E-state index is 0.420. The molecule has 13 heavy (non-hydrogen) atoms. The van der Waals surface area contributed by atoms with Crippen LogP contribution in [0.2, 0.25) is 5.02 Å². The molecule has 1 nitrogen and oxygen atoms in total. The van der Waals surface area contributed by atoms with Crippen LogP contribution in [0, 0.1) is 0 Å². The van der Waals surface area contributed by atoms with Gasteiger partial charge in [0.2, 0.25) is 0 Å². The summed E-state index contributed by atoms with van der Waals surface area (Å²) in [5, 5.41) is 0.734. The van der Waals surface area contributed by atoms with Crippen molar-refractivity contribution in [1.29, 1.82) is 0 Å². The minimum atomic E-state index is 0.420. The third-order valence-electron chi connectivity index (χ3n) is 1.69. The Morgan fingerprint density at radius 1 is 1.38 bits per heavy atom. The Morgan fingerprint density at radius 3 is 2.54 bits per heavy atom. The topological polar surface area (TPSA) is 9.23 Å². The summed E-state index contributed by atoms with van der Waals surface area (Å²) in [4.78, 5) is 0.420. The summed E-state index contributed by atoms with van der Waals surface area (Å²) in [6.45, 7) is 2.81. The van der Waals surface area contributed by atoms with Gasteiger partial charge in [0.05, 0.1) is 0 Å². The average molecular weight is 264 g/mol. The molecule has 0 amide bonds. The van der Waals surface area contributed by atoms with Gasteiger partial charge in [0.15, 0.2) is 0 Å². The Hall–Kier alpha value is -0.210. The van der Waals surface area contributed by atoms with Gasteiger partial charge in [0, 0.05) is 9.85 Å². The normalized spacial score (nSPS) is 12.5. The fraction of sp³-hybridized carbons (Fsp3) is 0.400. The van der Waals surface area contributed by atoms with Crippen molar-refractivity contribution >= 4 is 27.5 Å². The highest BCUT2D eigenvalue weighted by Crippen LogP contribution is 2.16. The van der Waals surface area contributed by atoms with Crippen molar-refractivity contribution < 1.29 is 4.74 Å². The number of rotatable bonds is 4. The third kappa shape index (κ3) is 4.01. The van der Waals surface area contributed by atoms with Crippen LogP contribution in [-0.2, 0) is 0 Å². The maximum Gasteiger partial charge on any atom is 0.119 e. The quantitative estimate of drug-likeness (QED) is 0.749. The molecule has 1 aromatic rings. The lowest BCUT2D eigenvalue weighted by Crippen LogP contribution is -2.09. The Morgan fingerprint density at radius 2 is 2.00 bits per heavy atom. The van der Waals surface area contributed by atoms with Crippen LogP contribution in [0.1, 0.15) is 13.3 Å². The van der Waals surface area contributed by atoms with Crippen LogP contribution in [0.4, 0.5) is 0 Å². The summed E-state index contributed by atoms with van der Waals surface area (Å²) >= 11 is 9.23. The zero-order valence-corrected chi connectivity index (χ0v) is 9.81. The van der Waals surface area contributed by atoms with Crippen molar-refractivity contribution in [2.45, 2.75) is 18.2 Å². The second kappa shape index (κ2) is 5.51. The van der Waals surface area contributed by atoms with E-state index in [4.69, 9.17) is 16.3 Å².